The summed E-state index contributed by atoms with van der Waals surface area (Å²) in [4.78, 5) is 40.7. The van der Waals surface area contributed by atoms with Crippen molar-refractivity contribution in [3.63, 3.8) is 0 Å². The van der Waals surface area contributed by atoms with Gasteiger partial charge in [-0.3, -0.25) is 14.4 Å². The molecule has 27 heavy (non-hydrogen) atoms. The highest BCUT2D eigenvalue weighted by Crippen LogP contribution is 2.06. The quantitative estimate of drug-likeness (QED) is 0.581. The maximum Gasteiger partial charge on any atom is 0.274 e. The number of nitrogens with one attached hydrogen (secondary N) is 3. The first-order chi connectivity index (χ1) is 13.0. The zero-order valence-corrected chi connectivity index (χ0v) is 15.1. The van der Waals surface area contributed by atoms with Crippen molar-refractivity contribution in [2.45, 2.75) is 25.8 Å². The Kier molecular flexibility index (Phi) is 7.84. The number of aryl methyl sites for hydroxylation is 1. The van der Waals surface area contributed by atoms with Crippen LogP contribution in [0.2, 0.25) is 0 Å². The van der Waals surface area contributed by atoms with Crippen LogP contribution in [0.1, 0.15) is 18.9 Å². The largest absolute Gasteiger partial charge is 0.379 e. The normalized spacial score (nSPS) is 11.1. The van der Waals surface area contributed by atoms with Crippen molar-refractivity contribution >= 4 is 17.7 Å². The number of benzene rings is 2. The molecule has 7 nitrogen and oxygen atoms in total. The van der Waals surface area contributed by atoms with Crippen molar-refractivity contribution in [1.82, 2.24) is 16.1 Å². The highest BCUT2D eigenvalue weighted by Gasteiger charge is 2.16. The Balaban J connectivity index is 1.63. The van der Waals surface area contributed by atoms with Crippen molar-refractivity contribution < 1.29 is 19.2 Å². The van der Waals surface area contributed by atoms with Crippen LogP contribution in [0, 0.1) is 0 Å². The van der Waals surface area contributed by atoms with Gasteiger partial charge in [0, 0.05) is 6.42 Å². The lowest BCUT2D eigenvalue weighted by Crippen LogP contribution is -2.48. The molecule has 3 amide bonds. The lowest BCUT2D eigenvalue weighted by Gasteiger charge is -2.14. The van der Waals surface area contributed by atoms with Crippen molar-refractivity contribution in [3.05, 3.63) is 66.2 Å². The number of hydrogen-bond donors (Lipinski definition) is 3. The van der Waals surface area contributed by atoms with Crippen LogP contribution < -0.4 is 21.0 Å². The van der Waals surface area contributed by atoms with Crippen LogP contribution in [0.4, 0.5) is 0 Å². The molecule has 1 unspecified atom stereocenters. The zero-order valence-electron chi connectivity index (χ0n) is 15.1. The Hall–Kier alpha value is -3.35. The summed E-state index contributed by atoms with van der Waals surface area (Å²) in [6, 6.07) is 17.6. The van der Waals surface area contributed by atoms with E-state index < -0.39 is 17.9 Å². The monoisotopic (exact) mass is 369 g/mol. The predicted molar refractivity (Wildman–Crippen MR) is 101 cm³/mol. The number of hydroxylamine groups is 1. The Morgan fingerprint density at radius 1 is 0.926 bits per heavy atom. The molecule has 2 rings (SSSR count). The highest BCUT2D eigenvalue weighted by molar-refractivity contribution is 5.89. The van der Waals surface area contributed by atoms with E-state index in [1.54, 1.807) is 24.3 Å². The second kappa shape index (κ2) is 10.6. The van der Waals surface area contributed by atoms with Crippen molar-refractivity contribution in [3.8, 4) is 5.75 Å². The average Bonchev–Trinajstić information content (AvgIpc) is 2.70. The second-order valence-corrected chi connectivity index (χ2v) is 5.93. The molecular formula is C20H23N3O4. The van der Waals surface area contributed by atoms with Crippen LogP contribution in [0.15, 0.2) is 60.7 Å². The molecule has 0 aliphatic carbocycles. The summed E-state index contributed by atoms with van der Waals surface area (Å²) in [7, 11) is 0. The summed E-state index contributed by atoms with van der Waals surface area (Å²) in [5, 5.41) is 5.04. The molecule has 0 fully saturated rings. The predicted octanol–water partition coefficient (Wildman–Crippen LogP) is 1.35. The molecule has 1 atom stereocenters. The lowest BCUT2D eigenvalue weighted by atomic mass is 10.1. The topological polar surface area (TPSA) is 96.5 Å². The molecule has 2 aromatic carbocycles. The fourth-order valence-electron chi connectivity index (χ4n) is 2.21. The van der Waals surface area contributed by atoms with E-state index in [1.807, 2.05) is 36.4 Å². The third-order valence-electron chi connectivity index (χ3n) is 3.71. The fourth-order valence-corrected chi connectivity index (χ4v) is 2.21. The number of carbonyl (C=O) groups is 3. The van der Waals surface area contributed by atoms with Gasteiger partial charge in [0.15, 0.2) is 5.75 Å². The molecule has 0 spiro atoms. The molecule has 7 heteroatoms. The molecule has 0 heterocycles. The van der Waals surface area contributed by atoms with E-state index >= 15 is 0 Å². The summed E-state index contributed by atoms with van der Waals surface area (Å²) < 4.78 is 0. The number of amides is 3. The number of rotatable bonds is 9. The van der Waals surface area contributed by atoms with Crippen LogP contribution in [0.3, 0.4) is 0 Å². The minimum absolute atomic E-state index is 0.190. The van der Waals surface area contributed by atoms with Crippen molar-refractivity contribution in [1.29, 1.82) is 0 Å². The van der Waals surface area contributed by atoms with Gasteiger partial charge in [0.25, 0.3) is 5.91 Å². The Labute approximate surface area is 158 Å². The van der Waals surface area contributed by atoms with E-state index in [0.29, 0.717) is 12.2 Å². The van der Waals surface area contributed by atoms with Crippen molar-refractivity contribution in [2.24, 2.45) is 0 Å². The number of carbonyl (C=O) groups excluding carboxylic acids is 3. The van der Waals surface area contributed by atoms with Gasteiger partial charge in [-0.1, -0.05) is 48.5 Å². The standard InChI is InChI=1S/C20H23N3O4/c1-15(20(26)23-27-17-10-6-3-7-11-17)22-19(25)14-21-18(24)13-12-16-8-4-2-5-9-16/h2-11,15H,12-14H2,1H3,(H,21,24)(H,22,25)(H,23,26). The zero-order chi connectivity index (χ0) is 19.5. The molecule has 3 N–H and O–H groups in total. The van der Waals surface area contributed by atoms with E-state index in [9.17, 15) is 14.4 Å². The Morgan fingerprint density at radius 3 is 2.22 bits per heavy atom. The van der Waals surface area contributed by atoms with Gasteiger partial charge in [0.1, 0.15) is 6.04 Å². The van der Waals surface area contributed by atoms with Crippen LogP contribution in [-0.2, 0) is 20.8 Å². The molecule has 2 aromatic rings. The van der Waals surface area contributed by atoms with E-state index in [-0.39, 0.29) is 18.9 Å². The minimum atomic E-state index is -0.803. The second-order valence-electron chi connectivity index (χ2n) is 5.93. The van der Waals surface area contributed by atoms with Gasteiger partial charge in [0.2, 0.25) is 11.8 Å². The number of para-hydroxylation sites is 1. The van der Waals surface area contributed by atoms with Crippen LogP contribution in [0.25, 0.3) is 0 Å². The van der Waals surface area contributed by atoms with E-state index in [0.717, 1.165) is 5.56 Å². The van der Waals surface area contributed by atoms with Crippen LogP contribution in [0.5, 0.6) is 5.75 Å². The highest BCUT2D eigenvalue weighted by atomic mass is 16.7. The van der Waals surface area contributed by atoms with Gasteiger partial charge >= 0.3 is 0 Å². The third-order valence-corrected chi connectivity index (χ3v) is 3.71. The summed E-state index contributed by atoms with van der Waals surface area (Å²) >= 11 is 0. The molecule has 142 valence electrons. The van der Waals surface area contributed by atoms with Crippen molar-refractivity contribution in [2.75, 3.05) is 6.54 Å². The van der Waals surface area contributed by atoms with Gasteiger partial charge in [-0.05, 0) is 31.0 Å². The first kappa shape index (κ1) is 20.0. The fraction of sp³-hybridized carbons (Fsp3) is 0.250. The van der Waals surface area contributed by atoms with Gasteiger partial charge in [-0.15, -0.1) is 0 Å². The summed E-state index contributed by atoms with van der Waals surface area (Å²) in [6.45, 7) is 1.34. The van der Waals surface area contributed by atoms with Gasteiger partial charge in [-0.2, -0.15) is 5.48 Å². The SMILES string of the molecule is CC(NC(=O)CNC(=O)CCc1ccccc1)C(=O)NOc1ccccc1. The Bertz CT molecular complexity index is 750. The maximum atomic E-state index is 11.9. The molecule has 0 bridgehead atoms. The molecule has 0 radical (unpaired) electrons. The van der Waals surface area contributed by atoms with E-state index in [4.69, 9.17) is 4.84 Å². The molecule has 0 aromatic heterocycles. The van der Waals surface area contributed by atoms with Gasteiger partial charge < -0.3 is 15.5 Å². The number of hydrogen-bond acceptors (Lipinski definition) is 4. The van der Waals surface area contributed by atoms with Crippen LogP contribution in [-0.4, -0.2) is 30.3 Å². The molecular weight excluding hydrogens is 346 g/mol. The summed E-state index contributed by atoms with van der Waals surface area (Å²) in [5.41, 5.74) is 3.32. The minimum Gasteiger partial charge on any atom is -0.379 e. The Morgan fingerprint density at radius 2 is 1.56 bits per heavy atom. The first-order valence-electron chi connectivity index (χ1n) is 8.66. The van der Waals surface area contributed by atoms with Gasteiger partial charge in [0.05, 0.1) is 6.54 Å². The molecule has 0 saturated heterocycles. The summed E-state index contributed by atoms with van der Waals surface area (Å²) in [6.07, 6.45) is 0.891. The third kappa shape index (κ3) is 7.60. The summed E-state index contributed by atoms with van der Waals surface area (Å²) in [5.74, 6) is -0.693. The molecule has 0 aliphatic heterocycles. The first-order valence-corrected chi connectivity index (χ1v) is 8.66. The van der Waals surface area contributed by atoms with Crippen LogP contribution >= 0.6 is 0 Å². The molecule has 0 saturated carbocycles. The van der Waals surface area contributed by atoms with Gasteiger partial charge in [-0.25, -0.2) is 0 Å². The average molecular weight is 369 g/mol. The molecule has 0 aliphatic rings. The lowest BCUT2D eigenvalue weighted by molar-refractivity contribution is -0.133. The van der Waals surface area contributed by atoms with E-state index in [1.165, 1.54) is 6.92 Å². The smallest absolute Gasteiger partial charge is 0.274 e. The van der Waals surface area contributed by atoms with E-state index in [2.05, 4.69) is 16.1 Å². The maximum absolute atomic E-state index is 11.9.